The molecule has 5 nitrogen and oxygen atoms in total. The molecule has 26 heavy (non-hydrogen) atoms. The molecule has 0 saturated carbocycles. The predicted octanol–water partition coefficient (Wildman–Crippen LogP) is 2.91. The molecule has 2 aromatic rings. The molecule has 1 aliphatic carbocycles. The zero-order valence-electron chi connectivity index (χ0n) is 15.2. The van der Waals surface area contributed by atoms with Gasteiger partial charge in [0.05, 0.1) is 5.56 Å². The zero-order valence-corrected chi connectivity index (χ0v) is 15.2. The molecule has 5 heteroatoms. The van der Waals surface area contributed by atoms with E-state index in [0.29, 0.717) is 11.5 Å². The van der Waals surface area contributed by atoms with Crippen LogP contribution < -0.4 is 10.5 Å². The quantitative estimate of drug-likeness (QED) is 0.837. The van der Waals surface area contributed by atoms with Crippen LogP contribution in [0.4, 0.5) is 5.82 Å². The summed E-state index contributed by atoms with van der Waals surface area (Å²) in [6.45, 7) is 1.75. The second-order valence-corrected chi connectivity index (χ2v) is 7.45. The molecule has 0 radical (unpaired) electrons. The highest BCUT2D eigenvalue weighted by atomic mass is 16.1. The highest BCUT2D eigenvalue weighted by molar-refractivity contribution is 5.57. The van der Waals surface area contributed by atoms with E-state index in [4.69, 9.17) is 4.98 Å². The van der Waals surface area contributed by atoms with Crippen LogP contribution in [0.15, 0.2) is 29.2 Å². The molecule has 0 atom stereocenters. The molecule has 3 heterocycles. The van der Waals surface area contributed by atoms with Crippen LogP contribution in [-0.4, -0.2) is 22.6 Å². The summed E-state index contributed by atoms with van der Waals surface area (Å²) in [4.78, 5) is 19.0. The maximum atomic E-state index is 11.9. The van der Waals surface area contributed by atoms with Gasteiger partial charge in [-0.05, 0) is 67.7 Å². The summed E-state index contributed by atoms with van der Waals surface area (Å²) in [7, 11) is 1.78. The second kappa shape index (κ2) is 6.95. The Morgan fingerprint density at radius 1 is 1.19 bits per heavy atom. The van der Waals surface area contributed by atoms with Crippen LogP contribution >= 0.6 is 0 Å². The molecule has 0 spiro atoms. The molecule has 0 bridgehead atoms. The fourth-order valence-electron chi connectivity index (χ4n) is 4.19. The number of fused-ring (bicyclic) bond motifs is 1. The smallest absolute Gasteiger partial charge is 0.250 e. The van der Waals surface area contributed by atoms with Crippen LogP contribution in [0.3, 0.4) is 0 Å². The fourth-order valence-corrected chi connectivity index (χ4v) is 4.19. The van der Waals surface area contributed by atoms with Gasteiger partial charge in [-0.1, -0.05) is 0 Å². The van der Waals surface area contributed by atoms with Gasteiger partial charge in [-0.2, -0.15) is 5.26 Å². The molecule has 0 amide bonds. The molecular formula is C21H24N4O. The predicted molar refractivity (Wildman–Crippen MR) is 101 cm³/mol. The van der Waals surface area contributed by atoms with E-state index in [9.17, 15) is 10.1 Å². The third-order valence-electron chi connectivity index (χ3n) is 5.80. The number of hydrogen-bond acceptors (Lipinski definition) is 4. The normalized spacial score (nSPS) is 17.6. The number of nitrogens with zero attached hydrogens (tertiary/aromatic N) is 4. The van der Waals surface area contributed by atoms with Gasteiger partial charge in [0.2, 0.25) is 0 Å². The first-order valence-corrected chi connectivity index (χ1v) is 9.50. The number of rotatable bonds is 2. The number of hydrogen-bond donors (Lipinski definition) is 0. The van der Waals surface area contributed by atoms with Gasteiger partial charge < -0.3 is 9.47 Å². The zero-order chi connectivity index (χ0) is 18.1. The lowest BCUT2D eigenvalue weighted by molar-refractivity contribution is 0.500. The van der Waals surface area contributed by atoms with Gasteiger partial charge in [-0.3, -0.25) is 4.79 Å². The summed E-state index contributed by atoms with van der Waals surface area (Å²) < 4.78 is 1.61. The SMILES string of the molecule is Cn1ccc(C2CCN(c3nc4c(cc3C#N)CCCC4)CC2)cc1=O. The van der Waals surface area contributed by atoms with Crippen LogP contribution in [-0.2, 0) is 19.9 Å². The van der Waals surface area contributed by atoms with Crippen molar-refractivity contribution >= 4 is 5.82 Å². The third-order valence-corrected chi connectivity index (χ3v) is 5.80. The van der Waals surface area contributed by atoms with Gasteiger partial charge >= 0.3 is 0 Å². The summed E-state index contributed by atoms with van der Waals surface area (Å²) in [5, 5.41) is 9.58. The van der Waals surface area contributed by atoms with Crippen molar-refractivity contribution in [3.8, 4) is 6.07 Å². The summed E-state index contributed by atoms with van der Waals surface area (Å²) in [5.41, 5.74) is 4.32. The summed E-state index contributed by atoms with van der Waals surface area (Å²) in [5.74, 6) is 1.26. The first-order valence-electron chi connectivity index (χ1n) is 9.50. The number of aryl methyl sites for hydroxylation is 3. The van der Waals surface area contributed by atoms with Gasteiger partial charge in [0.25, 0.3) is 5.56 Å². The topological polar surface area (TPSA) is 61.9 Å². The van der Waals surface area contributed by atoms with Crippen molar-refractivity contribution in [1.29, 1.82) is 5.26 Å². The van der Waals surface area contributed by atoms with Crippen molar-refractivity contribution in [1.82, 2.24) is 9.55 Å². The third kappa shape index (κ3) is 3.12. The Morgan fingerprint density at radius 2 is 1.96 bits per heavy atom. The van der Waals surface area contributed by atoms with Crippen LogP contribution in [0.1, 0.15) is 54.0 Å². The number of aromatic nitrogens is 2. The standard InChI is InChI=1S/C21H24N4O/c1-24-9-6-16(13-20(24)26)15-7-10-25(11-8-15)21-18(14-22)12-17-4-2-3-5-19(17)23-21/h6,9,12-13,15H,2-5,7-8,10-11H2,1H3. The van der Waals surface area contributed by atoms with Crippen LogP contribution in [0.2, 0.25) is 0 Å². The number of piperidine rings is 1. The van der Waals surface area contributed by atoms with Crippen molar-refractivity contribution in [2.24, 2.45) is 7.05 Å². The van der Waals surface area contributed by atoms with Crippen molar-refractivity contribution < 1.29 is 0 Å². The Kier molecular flexibility index (Phi) is 4.50. The highest BCUT2D eigenvalue weighted by Crippen LogP contribution is 2.32. The molecule has 1 fully saturated rings. The van der Waals surface area contributed by atoms with Crippen molar-refractivity contribution in [3.05, 3.63) is 57.1 Å². The van der Waals surface area contributed by atoms with Crippen molar-refractivity contribution in [2.75, 3.05) is 18.0 Å². The molecule has 2 aliphatic rings. The summed E-state index contributed by atoms with van der Waals surface area (Å²) >= 11 is 0. The van der Waals surface area contributed by atoms with E-state index in [0.717, 1.165) is 50.2 Å². The monoisotopic (exact) mass is 348 g/mol. The Bertz CT molecular complexity index is 917. The number of pyridine rings is 2. The molecule has 0 unspecified atom stereocenters. The lowest BCUT2D eigenvalue weighted by atomic mass is 9.89. The lowest BCUT2D eigenvalue weighted by Crippen LogP contribution is -2.34. The first-order chi connectivity index (χ1) is 12.7. The van der Waals surface area contributed by atoms with Gasteiger partial charge in [-0.15, -0.1) is 0 Å². The largest absolute Gasteiger partial charge is 0.355 e. The Morgan fingerprint density at radius 3 is 2.69 bits per heavy atom. The van der Waals surface area contributed by atoms with E-state index in [1.807, 2.05) is 6.20 Å². The van der Waals surface area contributed by atoms with Gasteiger partial charge in [0, 0.05) is 38.1 Å². The van der Waals surface area contributed by atoms with Gasteiger partial charge in [-0.25, -0.2) is 4.98 Å². The number of anilines is 1. The summed E-state index contributed by atoms with van der Waals surface area (Å²) in [6, 6.07) is 8.23. The van der Waals surface area contributed by atoms with Crippen molar-refractivity contribution in [3.63, 3.8) is 0 Å². The van der Waals surface area contributed by atoms with Crippen LogP contribution in [0, 0.1) is 11.3 Å². The molecule has 1 saturated heterocycles. The average Bonchev–Trinajstić information content (AvgIpc) is 2.69. The Balaban J connectivity index is 1.53. The Labute approximate surface area is 153 Å². The molecule has 0 aromatic carbocycles. The van der Waals surface area contributed by atoms with E-state index in [2.05, 4.69) is 23.1 Å². The summed E-state index contributed by atoms with van der Waals surface area (Å²) in [6.07, 6.45) is 8.27. The van der Waals surface area contributed by atoms with Gasteiger partial charge in [0.15, 0.2) is 0 Å². The van der Waals surface area contributed by atoms with Crippen LogP contribution in [0.25, 0.3) is 0 Å². The molecule has 1 aliphatic heterocycles. The minimum Gasteiger partial charge on any atom is -0.355 e. The van der Waals surface area contributed by atoms with E-state index < -0.39 is 0 Å². The van der Waals surface area contributed by atoms with E-state index in [-0.39, 0.29) is 5.56 Å². The molecule has 2 aromatic heterocycles. The minimum absolute atomic E-state index is 0.0491. The average molecular weight is 348 g/mol. The Hall–Kier alpha value is -2.61. The molecule has 0 N–H and O–H groups in total. The van der Waals surface area contributed by atoms with E-state index >= 15 is 0 Å². The maximum Gasteiger partial charge on any atom is 0.250 e. The second-order valence-electron chi connectivity index (χ2n) is 7.45. The molecule has 4 rings (SSSR count). The van der Waals surface area contributed by atoms with E-state index in [1.54, 1.807) is 17.7 Å². The minimum atomic E-state index is 0.0491. The fraction of sp³-hybridized carbons (Fsp3) is 0.476. The highest BCUT2D eigenvalue weighted by Gasteiger charge is 2.25. The first kappa shape index (κ1) is 16.8. The van der Waals surface area contributed by atoms with Crippen molar-refractivity contribution in [2.45, 2.75) is 44.4 Å². The van der Waals surface area contributed by atoms with E-state index in [1.165, 1.54) is 24.1 Å². The lowest BCUT2D eigenvalue weighted by Gasteiger charge is -2.34. The molecule has 134 valence electrons. The molecular weight excluding hydrogens is 324 g/mol. The number of nitriles is 1. The van der Waals surface area contributed by atoms with Crippen LogP contribution in [0.5, 0.6) is 0 Å². The van der Waals surface area contributed by atoms with Gasteiger partial charge in [0.1, 0.15) is 11.9 Å². The maximum absolute atomic E-state index is 11.9.